The van der Waals surface area contributed by atoms with Crippen molar-refractivity contribution < 1.29 is 5.11 Å². The Kier molecular flexibility index (Phi) is 4.68. The molecule has 0 fully saturated rings. The molecule has 1 heterocycles. The summed E-state index contributed by atoms with van der Waals surface area (Å²) in [6, 6.07) is 5.86. The Morgan fingerprint density at radius 2 is 1.95 bits per heavy atom. The molecule has 2 aromatic rings. The second kappa shape index (κ2) is 6.31. The molecule has 2 rings (SSSR count). The monoisotopic (exact) mass is 287 g/mol. The minimum Gasteiger partial charge on any atom is -0.508 e. The lowest BCUT2D eigenvalue weighted by Crippen LogP contribution is -2.15. The van der Waals surface area contributed by atoms with Crippen LogP contribution in [0.3, 0.4) is 0 Å². The van der Waals surface area contributed by atoms with E-state index in [0.717, 1.165) is 42.0 Å². The number of phenolic OH excluding ortho intramolecular Hbond substituents is 1. The number of hydrogen-bond acceptors (Lipinski definition) is 3. The van der Waals surface area contributed by atoms with Crippen molar-refractivity contribution in [1.82, 2.24) is 14.7 Å². The lowest BCUT2D eigenvalue weighted by atomic mass is 10.0. The van der Waals surface area contributed by atoms with Crippen molar-refractivity contribution in [2.24, 2.45) is 0 Å². The molecule has 0 saturated carbocycles. The fraction of sp³-hybridized carbons (Fsp3) is 0.471. The number of nitrogens with zero attached hydrogens (tertiary/aromatic N) is 3. The highest BCUT2D eigenvalue weighted by atomic mass is 16.3. The number of rotatable bonds is 5. The number of phenols is 1. The summed E-state index contributed by atoms with van der Waals surface area (Å²) >= 11 is 0. The van der Waals surface area contributed by atoms with E-state index in [-0.39, 0.29) is 0 Å². The van der Waals surface area contributed by atoms with Crippen molar-refractivity contribution in [1.29, 1.82) is 0 Å². The molecule has 0 unspecified atom stereocenters. The average Bonchev–Trinajstić information content (AvgIpc) is 2.73. The summed E-state index contributed by atoms with van der Waals surface area (Å²) in [6.45, 7) is 8.01. The van der Waals surface area contributed by atoms with Gasteiger partial charge in [0.15, 0.2) is 0 Å². The minimum absolute atomic E-state index is 0.373. The van der Waals surface area contributed by atoms with Crippen molar-refractivity contribution in [2.45, 2.75) is 33.7 Å². The van der Waals surface area contributed by atoms with Crippen LogP contribution in [0.2, 0.25) is 0 Å². The molecule has 0 amide bonds. The van der Waals surface area contributed by atoms with E-state index in [2.05, 4.69) is 29.9 Å². The maximum Gasteiger partial charge on any atom is 0.118 e. The Morgan fingerprint density at radius 1 is 1.24 bits per heavy atom. The van der Waals surface area contributed by atoms with E-state index in [9.17, 15) is 5.11 Å². The molecular weight excluding hydrogens is 262 g/mol. The van der Waals surface area contributed by atoms with Gasteiger partial charge in [-0.15, -0.1) is 0 Å². The normalized spacial score (nSPS) is 11.3. The van der Waals surface area contributed by atoms with Crippen LogP contribution >= 0.6 is 0 Å². The van der Waals surface area contributed by atoms with Gasteiger partial charge in [-0.1, -0.05) is 0 Å². The molecule has 0 bridgehead atoms. The van der Waals surface area contributed by atoms with E-state index < -0.39 is 0 Å². The Bertz CT molecular complexity index is 629. The third-order valence-electron chi connectivity index (χ3n) is 3.91. The van der Waals surface area contributed by atoms with Crippen LogP contribution < -0.4 is 0 Å². The summed E-state index contributed by atoms with van der Waals surface area (Å²) in [6.07, 6.45) is 0.838. The summed E-state index contributed by atoms with van der Waals surface area (Å²) in [7, 11) is 4.08. The van der Waals surface area contributed by atoms with E-state index in [4.69, 9.17) is 0 Å². The molecule has 1 aromatic carbocycles. The van der Waals surface area contributed by atoms with Crippen molar-refractivity contribution >= 4 is 0 Å². The van der Waals surface area contributed by atoms with Gasteiger partial charge in [0.25, 0.3) is 0 Å². The number of aryl methyl sites for hydroxylation is 2. The Balaban J connectivity index is 2.43. The zero-order valence-electron chi connectivity index (χ0n) is 13.6. The summed E-state index contributed by atoms with van der Waals surface area (Å²) in [5.74, 6) is 0.373. The highest BCUT2D eigenvalue weighted by Gasteiger charge is 2.14. The van der Waals surface area contributed by atoms with Crippen molar-refractivity contribution in [2.75, 3.05) is 20.6 Å². The molecule has 1 N–H and O–H groups in total. The van der Waals surface area contributed by atoms with Crippen molar-refractivity contribution in [3.05, 3.63) is 35.0 Å². The van der Waals surface area contributed by atoms with E-state index in [1.807, 2.05) is 31.8 Å². The molecule has 4 heteroatoms. The smallest absolute Gasteiger partial charge is 0.118 e. The van der Waals surface area contributed by atoms with Gasteiger partial charge in [0.2, 0.25) is 0 Å². The highest BCUT2D eigenvalue weighted by Crippen LogP contribution is 2.30. The first kappa shape index (κ1) is 15.6. The second-order valence-corrected chi connectivity index (χ2v) is 5.77. The molecule has 0 radical (unpaired) electrons. The van der Waals surface area contributed by atoms with E-state index in [1.165, 1.54) is 5.56 Å². The van der Waals surface area contributed by atoms with Crippen molar-refractivity contribution in [3.8, 4) is 17.0 Å². The molecule has 0 saturated heterocycles. The molecule has 4 nitrogen and oxygen atoms in total. The summed E-state index contributed by atoms with van der Waals surface area (Å²) in [5, 5.41) is 14.6. The van der Waals surface area contributed by atoms with Gasteiger partial charge in [-0.25, -0.2) is 0 Å². The molecule has 0 aliphatic carbocycles. The first-order chi connectivity index (χ1) is 9.93. The first-order valence-corrected chi connectivity index (χ1v) is 7.45. The SMILES string of the molecule is CCn1nc(C)c(C)c1-c1ccc(O)c(CCN(C)C)c1. The summed E-state index contributed by atoms with van der Waals surface area (Å²) in [4.78, 5) is 2.12. The molecule has 0 spiro atoms. The maximum atomic E-state index is 10.1. The van der Waals surface area contributed by atoms with Crippen LogP contribution in [-0.2, 0) is 13.0 Å². The van der Waals surface area contributed by atoms with Gasteiger partial charge in [0.1, 0.15) is 5.75 Å². The van der Waals surface area contributed by atoms with Gasteiger partial charge in [0, 0.05) is 18.7 Å². The molecular formula is C17H25N3O. The fourth-order valence-electron chi connectivity index (χ4n) is 2.54. The number of hydrogen-bond donors (Lipinski definition) is 1. The lowest BCUT2D eigenvalue weighted by Gasteiger charge is -2.13. The zero-order chi connectivity index (χ0) is 15.6. The second-order valence-electron chi connectivity index (χ2n) is 5.77. The van der Waals surface area contributed by atoms with Gasteiger partial charge in [0.05, 0.1) is 11.4 Å². The topological polar surface area (TPSA) is 41.3 Å². The zero-order valence-corrected chi connectivity index (χ0v) is 13.6. The predicted octanol–water partition coefficient (Wildman–Crippen LogP) is 3.00. The molecule has 0 aliphatic heterocycles. The van der Waals surface area contributed by atoms with Crippen molar-refractivity contribution in [3.63, 3.8) is 0 Å². The number of benzene rings is 1. The standard InChI is InChI=1S/C17H25N3O/c1-6-20-17(12(2)13(3)18-20)15-7-8-16(21)14(11-15)9-10-19(4)5/h7-8,11,21H,6,9-10H2,1-5H3. The van der Waals surface area contributed by atoms with Gasteiger partial charge < -0.3 is 10.0 Å². The third kappa shape index (κ3) is 3.27. The van der Waals surface area contributed by atoms with Gasteiger partial charge >= 0.3 is 0 Å². The Labute approximate surface area is 127 Å². The van der Waals surface area contributed by atoms with Crippen LogP contribution in [0.25, 0.3) is 11.3 Å². The van der Waals surface area contributed by atoms with Crippen LogP contribution in [0.5, 0.6) is 5.75 Å². The number of likely N-dealkylation sites (N-methyl/N-ethyl adjacent to an activating group) is 1. The quantitative estimate of drug-likeness (QED) is 0.919. The van der Waals surface area contributed by atoms with Crippen LogP contribution in [0.1, 0.15) is 23.7 Å². The van der Waals surface area contributed by atoms with Gasteiger partial charge in [-0.3, -0.25) is 4.68 Å². The average molecular weight is 287 g/mol. The molecule has 21 heavy (non-hydrogen) atoms. The summed E-state index contributed by atoms with van der Waals surface area (Å²) in [5.41, 5.74) is 5.54. The summed E-state index contributed by atoms with van der Waals surface area (Å²) < 4.78 is 2.03. The van der Waals surface area contributed by atoms with Crippen LogP contribution in [0.4, 0.5) is 0 Å². The number of aromatic hydroxyl groups is 1. The Hall–Kier alpha value is -1.81. The van der Waals surface area contributed by atoms with Crippen LogP contribution in [0.15, 0.2) is 18.2 Å². The van der Waals surface area contributed by atoms with Crippen LogP contribution in [-0.4, -0.2) is 40.4 Å². The molecule has 114 valence electrons. The molecule has 1 aromatic heterocycles. The maximum absolute atomic E-state index is 10.1. The van der Waals surface area contributed by atoms with E-state index in [1.54, 1.807) is 6.07 Å². The minimum atomic E-state index is 0.373. The largest absolute Gasteiger partial charge is 0.508 e. The first-order valence-electron chi connectivity index (χ1n) is 7.45. The predicted molar refractivity (Wildman–Crippen MR) is 86.7 cm³/mol. The highest BCUT2D eigenvalue weighted by molar-refractivity contribution is 5.66. The molecule has 0 aliphatic rings. The number of aromatic nitrogens is 2. The lowest BCUT2D eigenvalue weighted by molar-refractivity contribution is 0.406. The fourth-order valence-corrected chi connectivity index (χ4v) is 2.54. The van der Waals surface area contributed by atoms with E-state index >= 15 is 0 Å². The molecule has 0 atom stereocenters. The van der Waals surface area contributed by atoms with E-state index in [0.29, 0.717) is 5.75 Å². The van der Waals surface area contributed by atoms with Gasteiger partial charge in [-0.05, 0) is 70.6 Å². The third-order valence-corrected chi connectivity index (χ3v) is 3.91. The van der Waals surface area contributed by atoms with Gasteiger partial charge in [-0.2, -0.15) is 5.10 Å². The Morgan fingerprint density at radius 3 is 2.57 bits per heavy atom. The van der Waals surface area contributed by atoms with Crippen LogP contribution in [0, 0.1) is 13.8 Å².